The highest BCUT2D eigenvalue weighted by Crippen LogP contribution is 2.25. The van der Waals surface area contributed by atoms with Crippen LogP contribution in [0.25, 0.3) is 0 Å². The summed E-state index contributed by atoms with van der Waals surface area (Å²) in [5.74, 6) is -2.04. The first-order chi connectivity index (χ1) is 14.4. The number of hydrogen-bond donors (Lipinski definition) is 2. The van der Waals surface area contributed by atoms with Crippen LogP contribution in [0, 0.1) is 11.6 Å². The van der Waals surface area contributed by atoms with Gasteiger partial charge in [0.25, 0.3) is 11.8 Å². The molecule has 2 heterocycles. The number of imide groups is 1. The van der Waals surface area contributed by atoms with Gasteiger partial charge in [0.05, 0.1) is 25.2 Å². The van der Waals surface area contributed by atoms with Crippen molar-refractivity contribution in [2.75, 3.05) is 18.0 Å². The average Bonchev–Trinajstić information content (AvgIpc) is 3.03. The SMILES string of the molecule is O=C(NC1CC[NH+]([C@@H]2CC(=O)N(c3ccccc3F)C2=O)CC1)c1ccc(F)cc1. The summed E-state index contributed by atoms with van der Waals surface area (Å²) < 4.78 is 27.1. The number of anilines is 1. The third-order valence-electron chi connectivity index (χ3n) is 5.80. The van der Waals surface area contributed by atoms with Crippen LogP contribution in [0.3, 0.4) is 0 Å². The number of carbonyl (C=O) groups is 3. The van der Waals surface area contributed by atoms with E-state index in [2.05, 4.69) is 5.32 Å². The van der Waals surface area contributed by atoms with Crippen molar-refractivity contribution in [3.8, 4) is 0 Å². The zero-order valence-electron chi connectivity index (χ0n) is 16.2. The summed E-state index contributed by atoms with van der Waals surface area (Å²) in [6.45, 7) is 1.23. The van der Waals surface area contributed by atoms with E-state index in [4.69, 9.17) is 0 Å². The molecule has 1 atom stereocenters. The molecule has 6 nitrogen and oxygen atoms in total. The lowest BCUT2D eigenvalue weighted by atomic mass is 10.0. The molecule has 0 aromatic heterocycles. The number of amides is 3. The number of halogens is 2. The van der Waals surface area contributed by atoms with E-state index in [0.717, 1.165) is 9.80 Å². The summed E-state index contributed by atoms with van der Waals surface area (Å²) in [7, 11) is 0. The minimum Gasteiger partial charge on any atom is -0.349 e. The molecule has 2 saturated heterocycles. The van der Waals surface area contributed by atoms with Gasteiger partial charge in [-0.2, -0.15) is 0 Å². The number of likely N-dealkylation sites (tertiary alicyclic amines) is 1. The second kappa shape index (κ2) is 8.31. The second-order valence-corrected chi connectivity index (χ2v) is 7.69. The summed E-state index contributed by atoms with van der Waals surface area (Å²) in [6.07, 6.45) is 1.36. The fourth-order valence-electron chi connectivity index (χ4n) is 4.19. The van der Waals surface area contributed by atoms with E-state index in [0.29, 0.717) is 31.5 Å². The molecule has 2 aromatic rings. The molecule has 4 rings (SSSR count). The van der Waals surface area contributed by atoms with Crippen molar-refractivity contribution in [2.45, 2.75) is 31.3 Å². The van der Waals surface area contributed by atoms with Crippen molar-refractivity contribution >= 4 is 23.4 Å². The molecule has 2 aliphatic heterocycles. The lowest BCUT2D eigenvalue weighted by Crippen LogP contribution is -3.17. The van der Waals surface area contributed by atoms with Gasteiger partial charge in [-0.25, -0.2) is 13.7 Å². The van der Waals surface area contributed by atoms with E-state index < -0.39 is 23.6 Å². The van der Waals surface area contributed by atoms with Crippen LogP contribution < -0.4 is 15.1 Å². The maximum Gasteiger partial charge on any atom is 0.292 e. The van der Waals surface area contributed by atoms with Crippen LogP contribution >= 0.6 is 0 Å². The van der Waals surface area contributed by atoms with Crippen LogP contribution in [0.5, 0.6) is 0 Å². The van der Waals surface area contributed by atoms with Crippen LogP contribution in [0.15, 0.2) is 48.5 Å². The Balaban J connectivity index is 1.36. The number of quaternary nitrogens is 1. The zero-order valence-corrected chi connectivity index (χ0v) is 16.2. The van der Waals surface area contributed by atoms with Crippen LogP contribution in [0.4, 0.5) is 14.5 Å². The number of hydrogen-bond acceptors (Lipinski definition) is 3. The summed E-state index contributed by atoms with van der Waals surface area (Å²) in [6, 6.07) is 10.5. The smallest absolute Gasteiger partial charge is 0.292 e. The first-order valence-corrected chi connectivity index (χ1v) is 9.96. The molecule has 2 fully saturated rings. The maximum atomic E-state index is 14.1. The molecule has 8 heteroatoms. The van der Waals surface area contributed by atoms with Gasteiger partial charge in [0, 0.05) is 24.4 Å². The van der Waals surface area contributed by atoms with Crippen LogP contribution in [0.2, 0.25) is 0 Å². The minimum atomic E-state index is -0.600. The summed E-state index contributed by atoms with van der Waals surface area (Å²) >= 11 is 0. The highest BCUT2D eigenvalue weighted by Gasteiger charge is 2.47. The largest absolute Gasteiger partial charge is 0.349 e. The van der Waals surface area contributed by atoms with Crippen molar-refractivity contribution in [3.05, 3.63) is 65.7 Å². The third kappa shape index (κ3) is 3.95. The molecular formula is C22H22F2N3O3+. The fraction of sp³-hybridized carbons (Fsp3) is 0.318. The van der Waals surface area contributed by atoms with Crippen molar-refractivity contribution in [2.24, 2.45) is 0 Å². The highest BCUT2D eigenvalue weighted by atomic mass is 19.1. The molecule has 0 aliphatic carbocycles. The molecule has 0 spiro atoms. The Labute approximate surface area is 172 Å². The lowest BCUT2D eigenvalue weighted by Gasteiger charge is -2.32. The second-order valence-electron chi connectivity index (χ2n) is 7.69. The van der Waals surface area contributed by atoms with Crippen molar-refractivity contribution in [1.29, 1.82) is 0 Å². The number of nitrogens with zero attached hydrogens (tertiary/aromatic N) is 1. The Morgan fingerprint density at radius 3 is 2.33 bits per heavy atom. The van der Waals surface area contributed by atoms with Gasteiger partial charge in [-0.05, 0) is 36.4 Å². The summed E-state index contributed by atoms with van der Waals surface area (Å²) in [5.41, 5.74) is 0.388. The van der Waals surface area contributed by atoms with Gasteiger partial charge in [0.2, 0.25) is 5.91 Å². The van der Waals surface area contributed by atoms with E-state index in [1.165, 1.54) is 42.5 Å². The van der Waals surface area contributed by atoms with Gasteiger partial charge in [-0.15, -0.1) is 0 Å². The maximum absolute atomic E-state index is 14.1. The highest BCUT2D eigenvalue weighted by molar-refractivity contribution is 6.21. The third-order valence-corrected chi connectivity index (χ3v) is 5.80. The summed E-state index contributed by atoms with van der Waals surface area (Å²) in [4.78, 5) is 39.5. The topological polar surface area (TPSA) is 70.9 Å². The Morgan fingerprint density at radius 1 is 1.00 bits per heavy atom. The number of piperidine rings is 1. The van der Waals surface area contributed by atoms with Crippen molar-refractivity contribution in [3.63, 3.8) is 0 Å². The van der Waals surface area contributed by atoms with Crippen LogP contribution in [-0.2, 0) is 9.59 Å². The standard InChI is InChI=1S/C22H21F2N3O3/c23-15-7-5-14(6-8-15)21(29)25-16-9-11-26(12-10-16)19-13-20(28)27(22(19)30)18-4-2-1-3-17(18)24/h1-8,16,19H,9-13H2,(H,25,29)/p+1/t19-/m1/s1. The van der Waals surface area contributed by atoms with Gasteiger partial charge in [-0.3, -0.25) is 14.4 Å². The number of carbonyl (C=O) groups excluding carboxylic acids is 3. The molecule has 0 saturated carbocycles. The number of benzene rings is 2. The van der Waals surface area contributed by atoms with Crippen LogP contribution in [-0.4, -0.2) is 42.9 Å². The molecule has 2 aromatic carbocycles. The first kappa shape index (κ1) is 20.2. The van der Waals surface area contributed by atoms with E-state index in [-0.39, 0.29) is 30.0 Å². The molecule has 2 aliphatic rings. The molecular weight excluding hydrogens is 392 g/mol. The minimum absolute atomic E-state index is 0.00385. The molecule has 0 bridgehead atoms. The van der Waals surface area contributed by atoms with Gasteiger partial charge in [0.15, 0.2) is 6.04 Å². The van der Waals surface area contributed by atoms with Crippen molar-refractivity contribution < 1.29 is 28.1 Å². The van der Waals surface area contributed by atoms with Gasteiger partial charge in [-0.1, -0.05) is 12.1 Å². The Bertz CT molecular complexity index is 972. The van der Waals surface area contributed by atoms with Crippen molar-refractivity contribution in [1.82, 2.24) is 5.32 Å². The average molecular weight is 414 g/mol. The van der Waals surface area contributed by atoms with E-state index in [1.807, 2.05) is 0 Å². The molecule has 2 N–H and O–H groups in total. The fourth-order valence-corrected chi connectivity index (χ4v) is 4.19. The molecule has 156 valence electrons. The monoisotopic (exact) mass is 414 g/mol. The first-order valence-electron chi connectivity index (χ1n) is 9.96. The predicted octanol–water partition coefficient (Wildman–Crippen LogP) is 1.07. The normalized spacial score (nSPS) is 24.2. The summed E-state index contributed by atoms with van der Waals surface area (Å²) in [5, 5.41) is 2.94. The van der Waals surface area contributed by atoms with E-state index >= 15 is 0 Å². The van der Waals surface area contributed by atoms with Gasteiger partial charge >= 0.3 is 0 Å². The Kier molecular flexibility index (Phi) is 5.59. The lowest BCUT2D eigenvalue weighted by molar-refractivity contribution is -0.919. The van der Waals surface area contributed by atoms with Gasteiger partial charge in [0.1, 0.15) is 11.6 Å². The Morgan fingerprint density at radius 2 is 1.67 bits per heavy atom. The Hall–Kier alpha value is -3.13. The number of rotatable bonds is 4. The molecule has 0 unspecified atom stereocenters. The predicted molar refractivity (Wildman–Crippen MR) is 105 cm³/mol. The van der Waals surface area contributed by atoms with E-state index in [9.17, 15) is 23.2 Å². The van der Waals surface area contributed by atoms with Crippen LogP contribution in [0.1, 0.15) is 29.6 Å². The molecule has 3 amide bonds. The quantitative estimate of drug-likeness (QED) is 0.736. The molecule has 30 heavy (non-hydrogen) atoms. The zero-order chi connectivity index (χ0) is 21.3. The number of para-hydroxylation sites is 1. The number of nitrogens with one attached hydrogen (secondary N) is 2. The van der Waals surface area contributed by atoms with E-state index in [1.54, 1.807) is 6.07 Å². The molecule has 0 radical (unpaired) electrons. The van der Waals surface area contributed by atoms with Gasteiger partial charge < -0.3 is 10.2 Å².